The lowest BCUT2D eigenvalue weighted by atomic mass is 10.1. The molecule has 0 amide bonds. The van der Waals surface area contributed by atoms with Crippen molar-refractivity contribution in [2.24, 2.45) is 0 Å². The molecule has 1 saturated heterocycles. The summed E-state index contributed by atoms with van der Waals surface area (Å²) < 4.78 is 5.34. The van der Waals surface area contributed by atoms with Crippen LogP contribution in [0.4, 0.5) is 0 Å². The number of nitrogens with zero attached hydrogens (tertiary/aromatic N) is 2. The van der Waals surface area contributed by atoms with Gasteiger partial charge in [0, 0.05) is 13.0 Å². The number of hydrogen-bond acceptors (Lipinski definition) is 4. The van der Waals surface area contributed by atoms with Gasteiger partial charge in [-0.3, -0.25) is 0 Å². The molecule has 3 rings (SSSR count). The van der Waals surface area contributed by atoms with Crippen LogP contribution in [0.3, 0.4) is 0 Å². The van der Waals surface area contributed by atoms with Crippen molar-refractivity contribution in [3.8, 4) is 0 Å². The smallest absolute Gasteiger partial charge is 0.231 e. The number of hydrogen-bond donors (Lipinski definition) is 1. The average molecular weight is 280 g/mol. The predicted molar refractivity (Wildman–Crippen MR) is 75.6 cm³/mol. The minimum absolute atomic E-state index is 0. The molecule has 1 aliphatic heterocycles. The molecule has 1 N–H and O–H groups in total. The minimum Gasteiger partial charge on any atom is -0.339 e. The molecular weight excluding hydrogens is 262 g/mol. The van der Waals surface area contributed by atoms with Gasteiger partial charge in [-0.25, -0.2) is 0 Å². The van der Waals surface area contributed by atoms with Crippen LogP contribution in [0.5, 0.6) is 0 Å². The molecule has 2 aromatic rings. The molecular formula is C14H18ClN3O. The maximum absolute atomic E-state index is 5.34. The molecule has 1 atom stereocenters. The zero-order valence-electron chi connectivity index (χ0n) is 10.7. The second-order valence-electron chi connectivity index (χ2n) is 4.72. The lowest BCUT2D eigenvalue weighted by molar-refractivity contribution is 0.354. The van der Waals surface area contributed by atoms with Crippen LogP contribution in [0.25, 0.3) is 0 Å². The average Bonchev–Trinajstić information content (AvgIpc) is 3.08. The quantitative estimate of drug-likeness (QED) is 0.933. The Kier molecular flexibility index (Phi) is 4.93. The minimum atomic E-state index is 0. The fourth-order valence-corrected chi connectivity index (χ4v) is 2.30. The van der Waals surface area contributed by atoms with Gasteiger partial charge >= 0.3 is 0 Å². The zero-order valence-corrected chi connectivity index (χ0v) is 11.5. The predicted octanol–water partition coefficient (Wildman–Crippen LogP) is 2.35. The Hall–Kier alpha value is -1.39. The Bertz CT molecular complexity index is 494. The first-order valence-corrected chi connectivity index (χ1v) is 6.49. The first-order chi connectivity index (χ1) is 8.92. The summed E-state index contributed by atoms with van der Waals surface area (Å²) in [5.74, 6) is 2.02. The highest BCUT2D eigenvalue weighted by Crippen LogP contribution is 2.20. The van der Waals surface area contributed by atoms with E-state index in [9.17, 15) is 0 Å². The Balaban J connectivity index is 0.00000133. The molecule has 1 aromatic heterocycles. The molecule has 4 nitrogen and oxygen atoms in total. The Morgan fingerprint density at radius 1 is 1.21 bits per heavy atom. The van der Waals surface area contributed by atoms with E-state index in [2.05, 4.69) is 39.7 Å². The van der Waals surface area contributed by atoms with Crippen molar-refractivity contribution in [1.29, 1.82) is 0 Å². The van der Waals surface area contributed by atoms with E-state index < -0.39 is 0 Å². The van der Waals surface area contributed by atoms with E-state index in [4.69, 9.17) is 4.52 Å². The second kappa shape index (κ2) is 6.68. The van der Waals surface area contributed by atoms with Crippen molar-refractivity contribution < 1.29 is 4.52 Å². The van der Waals surface area contributed by atoms with E-state index in [0.29, 0.717) is 5.92 Å². The van der Waals surface area contributed by atoms with Gasteiger partial charge in [0.2, 0.25) is 5.89 Å². The van der Waals surface area contributed by atoms with E-state index in [-0.39, 0.29) is 12.4 Å². The van der Waals surface area contributed by atoms with Crippen molar-refractivity contribution in [3.63, 3.8) is 0 Å². The third-order valence-electron chi connectivity index (χ3n) is 3.37. The second-order valence-corrected chi connectivity index (χ2v) is 4.72. The Labute approximate surface area is 119 Å². The van der Waals surface area contributed by atoms with Crippen molar-refractivity contribution in [2.75, 3.05) is 13.1 Å². The number of aromatic nitrogens is 2. The summed E-state index contributed by atoms with van der Waals surface area (Å²) in [6, 6.07) is 10.4. The molecule has 5 heteroatoms. The summed E-state index contributed by atoms with van der Waals surface area (Å²) in [4.78, 5) is 4.49. The van der Waals surface area contributed by atoms with Gasteiger partial charge in [-0.2, -0.15) is 4.98 Å². The van der Waals surface area contributed by atoms with Crippen LogP contribution in [0.15, 0.2) is 34.9 Å². The van der Waals surface area contributed by atoms with Crippen molar-refractivity contribution in [2.45, 2.75) is 25.2 Å². The number of rotatable bonds is 4. The summed E-state index contributed by atoms with van der Waals surface area (Å²) >= 11 is 0. The monoisotopic (exact) mass is 279 g/mol. The molecule has 0 spiro atoms. The van der Waals surface area contributed by atoms with E-state index in [1.807, 2.05) is 6.07 Å². The zero-order chi connectivity index (χ0) is 12.2. The molecule has 2 heterocycles. The van der Waals surface area contributed by atoms with Crippen LogP contribution in [0.1, 0.15) is 29.6 Å². The fourth-order valence-electron chi connectivity index (χ4n) is 2.30. The molecule has 1 aliphatic rings. The number of benzene rings is 1. The molecule has 1 aromatic carbocycles. The summed E-state index contributed by atoms with van der Waals surface area (Å²) in [7, 11) is 0. The van der Waals surface area contributed by atoms with Gasteiger partial charge in [-0.05, 0) is 24.9 Å². The number of nitrogens with one attached hydrogen (secondary N) is 1. The molecule has 0 unspecified atom stereocenters. The third-order valence-corrected chi connectivity index (χ3v) is 3.37. The molecule has 0 aliphatic carbocycles. The van der Waals surface area contributed by atoms with E-state index in [0.717, 1.165) is 44.1 Å². The van der Waals surface area contributed by atoms with Gasteiger partial charge in [0.05, 0.1) is 5.92 Å². The molecule has 0 saturated carbocycles. The summed E-state index contributed by atoms with van der Waals surface area (Å²) in [5.41, 5.74) is 1.31. The number of aryl methyl sites for hydroxylation is 2. The van der Waals surface area contributed by atoms with Crippen molar-refractivity contribution in [3.05, 3.63) is 47.6 Å². The van der Waals surface area contributed by atoms with Crippen LogP contribution < -0.4 is 5.32 Å². The molecule has 1 fully saturated rings. The van der Waals surface area contributed by atoms with Gasteiger partial charge in [-0.15, -0.1) is 12.4 Å². The normalized spacial score (nSPS) is 18.2. The van der Waals surface area contributed by atoms with Crippen LogP contribution >= 0.6 is 12.4 Å². The topological polar surface area (TPSA) is 51.0 Å². The van der Waals surface area contributed by atoms with Crippen molar-refractivity contribution in [1.82, 2.24) is 15.5 Å². The van der Waals surface area contributed by atoms with Crippen molar-refractivity contribution >= 4 is 12.4 Å². The maximum Gasteiger partial charge on any atom is 0.231 e. The van der Waals surface area contributed by atoms with Crippen LogP contribution in [-0.2, 0) is 12.8 Å². The Morgan fingerprint density at radius 2 is 2.05 bits per heavy atom. The molecule has 0 bridgehead atoms. The highest BCUT2D eigenvalue weighted by molar-refractivity contribution is 5.85. The van der Waals surface area contributed by atoms with Gasteiger partial charge in [-0.1, -0.05) is 35.5 Å². The Morgan fingerprint density at radius 3 is 2.79 bits per heavy atom. The van der Waals surface area contributed by atoms with Crippen LogP contribution in [0.2, 0.25) is 0 Å². The lowest BCUT2D eigenvalue weighted by Crippen LogP contribution is -2.08. The van der Waals surface area contributed by atoms with E-state index in [1.54, 1.807) is 0 Å². The summed E-state index contributed by atoms with van der Waals surface area (Å²) in [6.07, 6.45) is 2.90. The summed E-state index contributed by atoms with van der Waals surface area (Å²) in [5, 5.41) is 7.37. The SMILES string of the molecule is Cl.c1ccc(CCc2noc([C@H]3CCNC3)n2)cc1. The molecule has 19 heavy (non-hydrogen) atoms. The highest BCUT2D eigenvalue weighted by atomic mass is 35.5. The fraction of sp³-hybridized carbons (Fsp3) is 0.429. The van der Waals surface area contributed by atoms with Gasteiger partial charge in [0.1, 0.15) is 0 Å². The standard InChI is InChI=1S/C14H17N3O.ClH/c1-2-4-11(5-3-1)6-7-13-16-14(18-17-13)12-8-9-15-10-12;/h1-5,12,15H,6-10H2;1H/t12-;/m0./s1. The first kappa shape index (κ1) is 14.0. The highest BCUT2D eigenvalue weighted by Gasteiger charge is 2.22. The van der Waals surface area contributed by atoms with E-state index in [1.165, 1.54) is 5.56 Å². The van der Waals surface area contributed by atoms with Gasteiger partial charge in [0.15, 0.2) is 5.82 Å². The number of halogens is 1. The maximum atomic E-state index is 5.34. The van der Waals surface area contributed by atoms with Crippen LogP contribution in [-0.4, -0.2) is 23.2 Å². The first-order valence-electron chi connectivity index (χ1n) is 6.49. The van der Waals surface area contributed by atoms with E-state index >= 15 is 0 Å². The third kappa shape index (κ3) is 3.55. The van der Waals surface area contributed by atoms with Crippen LogP contribution in [0, 0.1) is 0 Å². The van der Waals surface area contributed by atoms with Gasteiger partial charge in [0.25, 0.3) is 0 Å². The molecule has 102 valence electrons. The largest absolute Gasteiger partial charge is 0.339 e. The summed E-state index contributed by atoms with van der Waals surface area (Å²) in [6.45, 7) is 2.01. The lowest BCUT2D eigenvalue weighted by Gasteiger charge is -1.99. The van der Waals surface area contributed by atoms with Gasteiger partial charge < -0.3 is 9.84 Å². The molecule has 0 radical (unpaired) electrons.